The van der Waals surface area contributed by atoms with Gasteiger partial charge in [0.1, 0.15) is 6.10 Å². The minimum absolute atomic E-state index is 0.0244. The Labute approximate surface area is 368 Å². The smallest absolute Gasteiger partial charge is 0.306 e. The van der Waals surface area contributed by atoms with Crippen molar-refractivity contribution in [3.8, 4) is 0 Å². The Morgan fingerprint density at radius 1 is 0.717 bits per heavy atom. The maximum Gasteiger partial charge on any atom is 0.306 e. The third-order valence-corrected chi connectivity index (χ3v) is 16.9. The average Bonchev–Trinajstić information content (AvgIpc) is 3.57. The first-order chi connectivity index (χ1) is 28.9. The van der Waals surface area contributed by atoms with Gasteiger partial charge in [-0.2, -0.15) is 8.42 Å². The highest BCUT2D eigenvalue weighted by molar-refractivity contribution is 7.85. The van der Waals surface area contributed by atoms with Gasteiger partial charge in [0.2, 0.25) is 5.91 Å². The third-order valence-electron chi connectivity index (χ3n) is 16.2. The van der Waals surface area contributed by atoms with Crippen molar-refractivity contribution >= 4 is 22.0 Å². The Morgan fingerprint density at radius 2 is 1.30 bits per heavy atom. The number of allylic oxidation sites excluding steroid dienone is 6. The highest BCUT2D eigenvalue weighted by Crippen LogP contribution is 2.68. The molecule has 7 nitrogen and oxygen atoms in total. The lowest BCUT2D eigenvalue weighted by atomic mass is 9.44. The van der Waals surface area contributed by atoms with E-state index in [0.29, 0.717) is 41.4 Å². The molecule has 344 valence electrons. The number of unbranched alkanes of at least 4 members (excludes halogenated alkanes) is 13. The number of fused-ring (bicyclic) bond motifs is 5. The van der Waals surface area contributed by atoms with Crippen molar-refractivity contribution in [2.24, 2.45) is 46.3 Å². The monoisotopic (exact) mass is 856 g/mol. The van der Waals surface area contributed by atoms with E-state index in [1.165, 1.54) is 128 Å². The molecular formula is C52H89NO6S. The summed E-state index contributed by atoms with van der Waals surface area (Å²) < 4.78 is 37.1. The molecular weight excluding hydrogens is 767 g/mol. The molecule has 4 fully saturated rings. The van der Waals surface area contributed by atoms with Crippen LogP contribution in [0.1, 0.15) is 214 Å². The zero-order valence-corrected chi connectivity index (χ0v) is 39.6. The van der Waals surface area contributed by atoms with Gasteiger partial charge in [0, 0.05) is 19.4 Å². The maximum atomic E-state index is 12.9. The SMILES string of the molecule is CCCCCCC/C=C\C/C=C\C/C=C\CCCCCCCCCCC(=O)OC1CCC2(C)C(CCC3C2CCC2(C)C(C(C)CCC(=O)NCCS(=O)(=O)O)CCC32)C1. The van der Waals surface area contributed by atoms with Crippen molar-refractivity contribution in [3.63, 3.8) is 0 Å². The zero-order chi connectivity index (χ0) is 43.3. The Balaban J connectivity index is 1.02. The van der Waals surface area contributed by atoms with Gasteiger partial charge in [0.15, 0.2) is 0 Å². The first-order valence-corrected chi connectivity index (χ1v) is 26.8. The van der Waals surface area contributed by atoms with Crippen LogP contribution in [0.4, 0.5) is 0 Å². The number of hydrogen-bond donors (Lipinski definition) is 2. The Morgan fingerprint density at radius 3 is 1.95 bits per heavy atom. The van der Waals surface area contributed by atoms with E-state index < -0.39 is 15.9 Å². The number of esters is 1. The molecule has 0 aromatic rings. The third kappa shape index (κ3) is 16.6. The molecule has 0 saturated heterocycles. The van der Waals surface area contributed by atoms with Gasteiger partial charge in [-0.1, -0.05) is 128 Å². The van der Waals surface area contributed by atoms with E-state index >= 15 is 0 Å². The Kier molecular flexibility index (Phi) is 22.5. The average molecular weight is 856 g/mol. The van der Waals surface area contributed by atoms with Gasteiger partial charge in [-0.3, -0.25) is 14.1 Å². The lowest BCUT2D eigenvalue weighted by Gasteiger charge is -2.61. The van der Waals surface area contributed by atoms with Gasteiger partial charge in [-0.05, 0) is 155 Å². The fourth-order valence-corrected chi connectivity index (χ4v) is 13.1. The van der Waals surface area contributed by atoms with Crippen LogP contribution in [-0.2, 0) is 24.4 Å². The van der Waals surface area contributed by atoms with Crippen LogP contribution in [0.5, 0.6) is 0 Å². The van der Waals surface area contributed by atoms with Crippen molar-refractivity contribution in [1.82, 2.24) is 5.32 Å². The highest BCUT2D eigenvalue weighted by Gasteiger charge is 2.60. The van der Waals surface area contributed by atoms with Crippen LogP contribution in [0.15, 0.2) is 36.5 Å². The van der Waals surface area contributed by atoms with Crippen LogP contribution >= 0.6 is 0 Å². The largest absolute Gasteiger partial charge is 0.462 e. The topological polar surface area (TPSA) is 110 Å². The summed E-state index contributed by atoms with van der Waals surface area (Å²) in [6.45, 7) is 9.68. The number of rotatable bonds is 29. The van der Waals surface area contributed by atoms with Gasteiger partial charge in [-0.25, -0.2) is 0 Å². The van der Waals surface area contributed by atoms with Crippen molar-refractivity contribution in [3.05, 3.63) is 36.5 Å². The number of carbonyl (C=O) groups is 2. The van der Waals surface area contributed by atoms with Crippen molar-refractivity contribution in [2.45, 2.75) is 220 Å². The predicted octanol–water partition coefficient (Wildman–Crippen LogP) is 13.7. The van der Waals surface area contributed by atoms with E-state index in [2.05, 4.69) is 69.5 Å². The van der Waals surface area contributed by atoms with Gasteiger partial charge in [-0.15, -0.1) is 0 Å². The van der Waals surface area contributed by atoms with E-state index in [9.17, 15) is 18.0 Å². The molecule has 0 aromatic carbocycles. The van der Waals surface area contributed by atoms with E-state index in [4.69, 9.17) is 9.29 Å². The van der Waals surface area contributed by atoms with Gasteiger partial charge in [0.25, 0.3) is 10.1 Å². The molecule has 0 aliphatic heterocycles. The molecule has 4 saturated carbocycles. The molecule has 4 aliphatic rings. The first kappa shape index (κ1) is 50.7. The number of ether oxygens (including phenoxy) is 1. The first-order valence-electron chi connectivity index (χ1n) is 25.2. The molecule has 0 bridgehead atoms. The van der Waals surface area contributed by atoms with Crippen LogP contribution in [0.3, 0.4) is 0 Å². The van der Waals surface area contributed by atoms with Crippen molar-refractivity contribution in [1.29, 1.82) is 0 Å². The molecule has 9 unspecified atom stereocenters. The molecule has 9 atom stereocenters. The van der Waals surface area contributed by atoms with Crippen LogP contribution < -0.4 is 5.32 Å². The van der Waals surface area contributed by atoms with E-state index in [1.54, 1.807) is 0 Å². The minimum atomic E-state index is -4.07. The molecule has 8 heteroatoms. The normalized spacial score (nSPS) is 29.8. The fraction of sp³-hybridized carbons (Fsp3) is 0.846. The second kappa shape index (κ2) is 26.6. The molecule has 0 heterocycles. The van der Waals surface area contributed by atoms with Crippen LogP contribution in [0.2, 0.25) is 0 Å². The highest BCUT2D eigenvalue weighted by atomic mass is 32.2. The van der Waals surface area contributed by atoms with Crippen molar-refractivity contribution < 1.29 is 27.3 Å². The summed E-state index contributed by atoms with van der Waals surface area (Å²) in [6, 6.07) is 0. The predicted molar refractivity (Wildman–Crippen MR) is 249 cm³/mol. The quantitative estimate of drug-likeness (QED) is 0.0336. The molecule has 60 heavy (non-hydrogen) atoms. The zero-order valence-electron chi connectivity index (χ0n) is 38.8. The lowest BCUT2D eigenvalue weighted by molar-refractivity contribution is -0.162. The number of nitrogens with one attached hydrogen (secondary N) is 1. The summed E-state index contributed by atoms with van der Waals surface area (Å²) >= 11 is 0. The van der Waals surface area contributed by atoms with Crippen LogP contribution in [0.25, 0.3) is 0 Å². The van der Waals surface area contributed by atoms with Gasteiger partial charge < -0.3 is 10.1 Å². The fourth-order valence-electron chi connectivity index (χ4n) is 12.7. The molecule has 4 aliphatic carbocycles. The summed E-state index contributed by atoms with van der Waals surface area (Å²) in [5.41, 5.74) is 0.660. The summed E-state index contributed by atoms with van der Waals surface area (Å²) in [7, 11) is -4.07. The van der Waals surface area contributed by atoms with Crippen LogP contribution in [-0.4, -0.2) is 43.2 Å². The number of carbonyl (C=O) groups excluding carboxylic acids is 2. The second-order valence-electron chi connectivity index (χ2n) is 20.4. The van der Waals surface area contributed by atoms with Crippen LogP contribution in [0, 0.1) is 46.3 Å². The molecule has 4 rings (SSSR count). The van der Waals surface area contributed by atoms with E-state index in [0.717, 1.165) is 62.7 Å². The minimum Gasteiger partial charge on any atom is -0.462 e. The summed E-state index contributed by atoms with van der Waals surface area (Å²) in [6.07, 6.45) is 47.8. The Hall–Kier alpha value is -1.93. The van der Waals surface area contributed by atoms with Gasteiger partial charge >= 0.3 is 5.97 Å². The summed E-state index contributed by atoms with van der Waals surface area (Å²) in [4.78, 5) is 25.3. The standard InChI is InChI=1S/C52H89NO6S/c1-5-6-7-8-9-10-11-12-13-14-15-16-17-18-19-20-21-22-23-24-25-26-27-28-50(55)59-44-35-37-51(3)43(41-44)30-31-45-47-33-32-46(52(47,4)38-36-48(45)51)42(2)29-34-49(54)53-39-40-60(56,57)58/h11-12,14-15,17-18,42-48H,5-10,13,16,19-41H2,1-4H3,(H,53,54)(H,56,57,58)/b12-11-,15-14-,18-17-. The summed E-state index contributed by atoms with van der Waals surface area (Å²) in [5.74, 6) is 3.44. The van der Waals surface area contributed by atoms with E-state index in [-0.39, 0.29) is 24.5 Å². The lowest BCUT2D eigenvalue weighted by Crippen LogP contribution is -2.54. The molecule has 0 aromatic heterocycles. The van der Waals surface area contributed by atoms with E-state index in [1.807, 2.05) is 0 Å². The number of amides is 1. The summed E-state index contributed by atoms with van der Waals surface area (Å²) in [5, 5.41) is 2.66. The number of hydrogen-bond acceptors (Lipinski definition) is 5. The molecule has 2 N–H and O–H groups in total. The van der Waals surface area contributed by atoms with Gasteiger partial charge in [0.05, 0.1) is 5.75 Å². The maximum absolute atomic E-state index is 12.9. The second-order valence-corrected chi connectivity index (χ2v) is 22.0. The molecule has 1 amide bonds. The van der Waals surface area contributed by atoms with Crippen molar-refractivity contribution in [2.75, 3.05) is 12.3 Å². The molecule has 0 spiro atoms. The Bertz CT molecular complexity index is 1460. The molecule has 0 radical (unpaired) electrons.